The second kappa shape index (κ2) is 4.82. The van der Waals surface area contributed by atoms with Gasteiger partial charge in [-0.25, -0.2) is 0 Å². The number of H-pyrrole nitrogens is 1. The van der Waals surface area contributed by atoms with Crippen molar-refractivity contribution in [2.45, 2.75) is 4.90 Å². The standard InChI is InChI=1S/C17H12N2OS/c20-17-15(21-14-7-2-1-6-13(14)19-17)10-12-5-3-4-11-8-9-18-16(11)12/h1-10,18H,(H,19,20). The molecule has 3 nitrogen and oxygen atoms in total. The zero-order chi connectivity index (χ0) is 14.2. The first-order valence-electron chi connectivity index (χ1n) is 6.67. The summed E-state index contributed by atoms with van der Waals surface area (Å²) >= 11 is 1.51. The predicted octanol–water partition coefficient (Wildman–Crippen LogP) is 4.25. The monoisotopic (exact) mass is 292 g/mol. The van der Waals surface area contributed by atoms with Gasteiger partial charge in [-0.3, -0.25) is 4.79 Å². The molecule has 0 aliphatic carbocycles. The molecular weight excluding hydrogens is 280 g/mol. The summed E-state index contributed by atoms with van der Waals surface area (Å²) in [6.07, 6.45) is 3.85. The molecule has 0 unspecified atom stereocenters. The van der Waals surface area contributed by atoms with Crippen LogP contribution in [0.5, 0.6) is 0 Å². The van der Waals surface area contributed by atoms with E-state index in [9.17, 15) is 4.79 Å². The van der Waals surface area contributed by atoms with Crippen LogP contribution >= 0.6 is 11.8 Å². The van der Waals surface area contributed by atoms with Crippen LogP contribution in [0.4, 0.5) is 5.69 Å². The second-order valence-corrected chi connectivity index (χ2v) is 5.93. The predicted molar refractivity (Wildman–Crippen MR) is 87.2 cm³/mol. The molecule has 102 valence electrons. The van der Waals surface area contributed by atoms with E-state index in [4.69, 9.17) is 0 Å². The largest absolute Gasteiger partial charge is 0.361 e. The second-order valence-electron chi connectivity index (χ2n) is 4.85. The maximum Gasteiger partial charge on any atom is 0.262 e. The number of fused-ring (bicyclic) bond motifs is 2. The van der Waals surface area contributed by atoms with Gasteiger partial charge < -0.3 is 10.3 Å². The van der Waals surface area contributed by atoms with Crippen molar-refractivity contribution in [2.24, 2.45) is 0 Å². The molecule has 3 aromatic rings. The summed E-state index contributed by atoms with van der Waals surface area (Å²) in [6.45, 7) is 0. The zero-order valence-electron chi connectivity index (χ0n) is 11.1. The van der Waals surface area contributed by atoms with E-state index in [2.05, 4.69) is 16.4 Å². The summed E-state index contributed by atoms with van der Waals surface area (Å²) in [5, 5.41) is 4.08. The van der Waals surface area contributed by atoms with E-state index in [1.54, 1.807) is 0 Å². The first kappa shape index (κ1) is 12.3. The number of carbonyl (C=O) groups is 1. The Morgan fingerprint density at radius 3 is 2.86 bits per heavy atom. The Kier molecular flexibility index (Phi) is 2.82. The molecule has 0 saturated heterocycles. The van der Waals surface area contributed by atoms with E-state index < -0.39 is 0 Å². The Balaban J connectivity index is 1.80. The number of benzene rings is 2. The molecule has 1 aliphatic rings. The Labute approximate surface area is 126 Å². The average molecular weight is 292 g/mol. The van der Waals surface area contributed by atoms with Crippen LogP contribution in [-0.4, -0.2) is 10.9 Å². The van der Waals surface area contributed by atoms with Gasteiger partial charge in [0.05, 0.1) is 16.1 Å². The number of carbonyl (C=O) groups excluding carboxylic acids is 1. The number of aromatic amines is 1. The molecule has 2 heterocycles. The number of aromatic nitrogens is 1. The zero-order valence-corrected chi connectivity index (χ0v) is 11.9. The van der Waals surface area contributed by atoms with E-state index >= 15 is 0 Å². The van der Waals surface area contributed by atoms with Crippen LogP contribution in [0.25, 0.3) is 17.0 Å². The van der Waals surface area contributed by atoms with Gasteiger partial charge in [-0.05, 0) is 35.2 Å². The van der Waals surface area contributed by atoms with Gasteiger partial charge in [0.2, 0.25) is 0 Å². The topological polar surface area (TPSA) is 44.9 Å². The van der Waals surface area contributed by atoms with Crippen LogP contribution in [0.2, 0.25) is 0 Å². The van der Waals surface area contributed by atoms with Gasteiger partial charge in [-0.2, -0.15) is 0 Å². The maximum absolute atomic E-state index is 12.2. The number of anilines is 1. The molecule has 2 N–H and O–H groups in total. The molecule has 0 radical (unpaired) electrons. The first-order chi connectivity index (χ1) is 10.3. The number of hydrogen-bond acceptors (Lipinski definition) is 2. The summed E-state index contributed by atoms with van der Waals surface area (Å²) in [4.78, 5) is 17.2. The van der Waals surface area contributed by atoms with Crippen molar-refractivity contribution in [1.29, 1.82) is 0 Å². The number of rotatable bonds is 1. The summed E-state index contributed by atoms with van der Waals surface area (Å²) < 4.78 is 0. The molecule has 4 heteroatoms. The highest BCUT2D eigenvalue weighted by molar-refractivity contribution is 8.04. The Bertz CT molecular complexity index is 879. The minimum absolute atomic E-state index is 0.0535. The molecule has 1 amide bonds. The normalized spacial score (nSPS) is 16.0. The fraction of sp³-hybridized carbons (Fsp3) is 0. The van der Waals surface area contributed by atoms with Crippen molar-refractivity contribution in [3.63, 3.8) is 0 Å². The van der Waals surface area contributed by atoms with E-state index in [1.165, 1.54) is 11.8 Å². The molecular formula is C17H12N2OS. The van der Waals surface area contributed by atoms with Crippen LogP contribution in [0.15, 0.2) is 64.5 Å². The third kappa shape index (κ3) is 2.14. The average Bonchev–Trinajstić information content (AvgIpc) is 2.97. The molecule has 4 rings (SSSR count). The lowest BCUT2D eigenvalue weighted by molar-refractivity contribution is -0.112. The molecule has 0 fully saturated rings. The molecule has 0 atom stereocenters. The van der Waals surface area contributed by atoms with Crippen molar-refractivity contribution in [3.8, 4) is 0 Å². The van der Waals surface area contributed by atoms with Gasteiger partial charge in [0, 0.05) is 11.1 Å². The minimum atomic E-state index is -0.0535. The molecule has 0 saturated carbocycles. The summed E-state index contributed by atoms with van der Waals surface area (Å²) in [5.74, 6) is -0.0535. The van der Waals surface area contributed by atoms with Crippen LogP contribution < -0.4 is 5.32 Å². The number of para-hydroxylation sites is 2. The van der Waals surface area contributed by atoms with Crippen molar-refractivity contribution >= 4 is 40.3 Å². The summed E-state index contributed by atoms with van der Waals surface area (Å²) in [5.41, 5.74) is 2.95. The summed E-state index contributed by atoms with van der Waals surface area (Å²) in [7, 11) is 0. The molecule has 0 bridgehead atoms. The van der Waals surface area contributed by atoms with Gasteiger partial charge >= 0.3 is 0 Å². The lowest BCUT2D eigenvalue weighted by Gasteiger charge is -2.18. The van der Waals surface area contributed by atoms with Crippen LogP contribution in [-0.2, 0) is 4.79 Å². The van der Waals surface area contributed by atoms with Crippen molar-refractivity contribution in [3.05, 3.63) is 65.2 Å². The quantitative estimate of drug-likeness (QED) is 0.658. The Morgan fingerprint density at radius 1 is 1.00 bits per heavy atom. The summed E-state index contributed by atoms with van der Waals surface area (Å²) in [6, 6.07) is 15.9. The molecule has 21 heavy (non-hydrogen) atoms. The van der Waals surface area contributed by atoms with E-state index in [0.29, 0.717) is 4.91 Å². The van der Waals surface area contributed by atoms with Crippen LogP contribution in [0.1, 0.15) is 5.56 Å². The molecule has 1 aromatic heterocycles. The highest BCUT2D eigenvalue weighted by Gasteiger charge is 2.20. The Hall–Kier alpha value is -2.46. The molecule has 0 spiro atoms. The maximum atomic E-state index is 12.2. The van der Waals surface area contributed by atoms with Gasteiger partial charge in [-0.1, -0.05) is 42.1 Å². The number of thioether (sulfide) groups is 1. The van der Waals surface area contributed by atoms with Gasteiger partial charge in [0.15, 0.2) is 0 Å². The third-order valence-electron chi connectivity index (χ3n) is 3.49. The van der Waals surface area contributed by atoms with Crippen LogP contribution in [0, 0.1) is 0 Å². The van der Waals surface area contributed by atoms with E-state index in [-0.39, 0.29) is 5.91 Å². The smallest absolute Gasteiger partial charge is 0.262 e. The Morgan fingerprint density at radius 2 is 1.90 bits per heavy atom. The number of amides is 1. The van der Waals surface area contributed by atoms with Crippen molar-refractivity contribution < 1.29 is 4.79 Å². The lowest BCUT2D eigenvalue weighted by atomic mass is 10.1. The highest BCUT2D eigenvalue weighted by Crippen LogP contribution is 2.38. The molecule has 2 aromatic carbocycles. The van der Waals surface area contributed by atoms with E-state index in [1.807, 2.05) is 54.7 Å². The number of hydrogen-bond donors (Lipinski definition) is 2. The highest BCUT2D eigenvalue weighted by atomic mass is 32.2. The van der Waals surface area contributed by atoms with Gasteiger partial charge in [0.25, 0.3) is 5.91 Å². The SMILES string of the molecule is O=C1Nc2ccccc2SC1=Cc1cccc2cc[nH]c12. The third-order valence-corrected chi connectivity index (χ3v) is 4.58. The fourth-order valence-electron chi connectivity index (χ4n) is 2.47. The van der Waals surface area contributed by atoms with Crippen LogP contribution in [0.3, 0.4) is 0 Å². The van der Waals surface area contributed by atoms with Gasteiger partial charge in [-0.15, -0.1) is 0 Å². The minimum Gasteiger partial charge on any atom is -0.361 e. The first-order valence-corrected chi connectivity index (χ1v) is 7.49. The fourth-order valence-corrected chi connectivity index (χ4v) is 3.42. The van der Waals surface area contributed by atoms with E-state index in [0.717, 1.165) is 27.0 Å². The molecule has 1 aliphatic heterocycles. The van der Waals surface area contributed by atoms with Crippen molar-refractivity contribution in [2.75, 3.05) is 5.32 Å². The van der Waals surface area contributed by atoms with Crippen molar-refractivity contribution in [1.82, 2.24) is 4.98 Å². The van der Waals surface area contributed by atoms with Gasteiger partial charge in [0.1, 0.15) is 0 Å². The number of nitrogens with one attached hydrogen (secondary N) is 2. The lowest BCUT2D eigenvalue weighted by Crippen LogP contribution is -2.17.